The number of phosphoric acid groups is 1. The van der Waals surface area contributed by atoms with E-state index >= 15 is 0 Å². The number of methoxy groups -OCH3 is 1. The lowest BCUT2D eigenvalue weighted by Gasteiger charge is -2.25. The first-order chi connectivity index (χ1) is 13.2. The Labute approximate surface area is 170 Å². The number of carbonyl (C=O) groups excluding carboxylic acids is 3. The first-order valence-corrected chi connectivity index (χ1v) is 10.3. The number of ether oxygens (including phenoxy) is 4. The van der Waals surface area contributed by atoms with E-state index in [2.05, 4.69) is 9.05 Å². The molecule has 0 aromatic rings. The number of carbonyl (C=O) groups is 3. The predicted octanol–water partition coefficient (Wildman–Crippen LogP) is 1.11. The Bertz CT molecular complexity index is 529. The molecule has 0 fully saturated rings. The van der Waals surface area contributed by atoms with Crippen molar-refractivity contribution in [2.24, 2.45) is 0 Å². The molecule has 29 heavy (non-hydrogen) atoms. The van der Waals surface area contributed by atoms with Crippen LogP contribution in [0.15, 0.2) is 0 Å². The molecule has 0 bridgehead atoms. The van der Waals surface area contributed by atoms with Crippen LogP contribution in [0.5, 0.6) is 0 Å². The van der Waals surface area contributed by atoms with Crippen LogP contribution in [0, 0.1) is 0 Å². The molecule has 0 aromatic heterocycles. The maximum atomic E-state index is 11.7. The standard InChI is InChI=1S/C16H29O11P.H3N/c1-4-14(17)24-11-13(27-15(18)5-2)12-26-28(20,21)25-8-6-7-16(19)23-10-9-22-3;/h13H,4-12H2,1-3H3,(H,20,21);1H3. The van der Waals surface area contributed by atoms with E-state index in [0.717, 1.165) is 0 Å². The van der Waals surface area contributed by atoms with Crippen molar-refractivity contribution in [3.05, 3.63) is 0 Å². The summed E-state index contributed by atoms with van der Waals surface area (Å²) in [5, 5.41) is 0. The fourth-order valence-corrected chi connectivity index (χ4v) is 2.36. The smallest absolute Gasteiger partial charge is 0.305 e. The summed E-state index contributed by atoms with van der Waals surface area (Å²) in [7, 11) is -3.23. The van der Waals surface area contributed by atoms with E-state index in [0.29, 0.717) is 0 Å². The van der Waals surface area contributed by atoms with Gasteiger partial charge in [0.15, 0.2) is 6.10 Å². The monoisotopic (exact) mass is 445 g/mol. The van der Waals surface area contributed by atoms with E-state index in [1.165, 1.54) is 7.11 Å². The lowest BCUT2D eigenvalue weighted by Crippen LogP contribution is -2.30. The number of phosphoric ester groups is 1. The van der Waals surface area contributed by atoms with Crippen molar-refractivity contribution in [1.82, 2.24) is 6.15 Å². The van der Waals surface area contributed by atoms with Crippen molar-refractivity contribution in [1.29, 1.82) is 0 Å². The summed E-state index contributed by atoms with van der Waals surface area (Å²) >= 11 is 0. The van der Waals surface area contributed by atoms with Gasteiger partial charge >= 0.3 is 17.9 Å². The molecule has 0 radical (unpaired) electrons. The summed E-state index contributed by atoms with van der Waals surface area (Å²) in [5.74, 6) is -1.64. The molecule has 0 aromatic carbocycles. The van der Waals surface area contributed by atoms with Crippen LogP contribution in [0.1, 0.15) is 39.5 Å². The molecule has 172 valence electrons. The Balaban J connectivity index is 0. The van der Waals surface area contributed by atoms with Crippen molar-refractivity contribution in [3.8, 4) is 0 Å². The molecule has 0 heterocycles. The van der Waals surface area contributed by atoms with Crippen LogP contribution < -0.4 is 11.0 Å². The molecule has 0 rings (SSSR count). The molecule has 0 amide bonds. The topological polar surface area (TPSA) is 183 Å². The van der Waals surface area contributed by atoms with Crippen LogP contribution in [-0.4, -0.2) is 64.2 Å². The summed E-state index contributed by atoms with van der Waals surface area (Å²) in [5.41, 5.74) is 0. The lowest BCUT2D eigenvalue weighted by molar-refractivity contribution is -0.228. The zero-order valence-corrected chi connectivity index (χ0v) is 18.3. The Morgan fingerprint density at radius 1 is 0.897 bits per heavy atom. The number of hydrogen-bond donors (Lipinski definition) is 1. The van der Waals surface area contributed by atoms with E-state index in [9.17, 15) is 23.8 Å². The number of rotatable bonds is 16. The van der Waals surface area contributed by atoms with E-state index in [4.69, 9.17) is 18.9 Å². The van der Waals surface area contributed by atoms with Gasteiger partial charge in [0.25, 0.3) is 7.82 Å². The molecule has 0 aliphatic rings. The van der Waals surface area contributed by atoms with Crippen LogP contribution in [0.4, 0.5) is 0 Å². The van der Waals surface area contributed by atoms with Gasteiger partial charge in [0, 0.05) is 26.4 Å². The van der Waals surface area contributed by atoms with E-state index < -0.39 is 38.4 Å². The second-order valence-corrected chi connectivity index (χ2v) is 6.81. The second kappa shape index (κ2) is 17.3. The van der Waals surface area contributed by atoms with Crippen LogP contribution >= 0.6 is 7.82 Å². The fraction of sp³-hybridized carbons (Fsp3) is 0.812. The molecular weight excluding hydrogens is 413 g/mol. The summed E-state index contributed by atoms with van der Waals surface area (Å²) in [6.45, 7) is 2.32. The number of quaternary nitrogens is 1. The van der Waals surface area contributed by atoms with Crippen LogP contribution in [0.3, 0.4) is 0 Å². The first-order valence-electron chi connectivity index (χ1n) is 8.83. The summed E-state index contributed by atoms with van der Waals surface area (Å²) in [6, 6.07) is 0. The molecule has 12 nitrogen and oxygen atoms in total. The van der Waals surface area contributed by atoms with Crippen molar-refractivity contribution in [3.63, 3.8) is 0 Å². The van der Waals surface area contributed by atoms with E-state index in [1.807, 2.05) is 0 Å². The van der Waals surface area contributed by atoms with Gasteiger partial charge in [-0.05, 0) is 6.42 Å². The minimum Gasteiger partial charge on any atom is -0.756 e. The molecule has 0 saturated carbocycles. The van der Waals surface area contributed by atoms with Crippen LogP contribution in [0.25, 0.3) is 0 Å². The highest BCUT2D eigenvalue weighted by atomic mass is 31.2. The van der Waals surface area contributed by atoms with Gasteiger partial charge in [-0.1, -0.05) is 13.8 Å². The molecule has 0 saturated heterocycles. The second-order valence-electron chi connectivity index (χ2n) is 5.40. The zero-order chi connectivity index (χ0) is 21.4. The number of esters is 3. The quantitative estimate of drug-likeness (QED) is 0.155. The van der Waals surface area contributed by atoms with E-state index in [-0.39, 0.29) is 58.3 Å². The largest absolute Gasteiger partial charge is 0.756 e. The highest BCUT2D eigenvalue weighted by Crippen LogP contribution is 2.38. The Hall–Kier alpha value is -1.56. The van der Waals surface area contributed by atoms with Gasteiger partial charge in [0.1, 0.15) is 13.2 Å². The molecule has 2 unspecified atom stereocenters. The minimum absolute atomic E-state index is 0. The first kappa shape index (κ1) is 29.6. The van der Waals surface area contributed by atoms with Crippen molar-refractivity contribution < 1.29 is 51.8 Å². The predicted molar refractivity (Wildman–Crippen MR) is 99.0 cm³/mol. The summed E-state index contributed by atoms with van der Waals surface area (Å²) in [6.07, 6.45) is -0.849. The highest BCUT2D eigenvalue weighted by Gasteiger charge is 2.20. The highest BCUT2D eigenvalue weighted by molar-refractivity contribution is 7.45. The molecule has 0 aliphatic heterocycles. The Morgan fingerprint density at radius 2 is 1.55 bits per heavy atom. The lowest BCUT2D eigenvalue weighted by atomic mass is 10.3. The molecule has 4 N–H and O–H groups in total. The van der Waals surface area contributed by atoms with E-state index in [1.54, 1.807) is 13.8 Å². The molecular formula is C16H32NO11P. The molecule has 13 heteroatoms. The third-order valence-corrected chi connectivity index (χ3v) is 4.01. The average Bonchev–Trinajstić information content (AvgIpc) is 2.67. The minimum atomic E-state index is -4.69. The maximum Gasteiger partial charge on any atom is 0.305 e. The van der Waals surface area contributed by atoms with Gasteiger partial charge in [-0.15, -0.1) is 0 Å². The normalized spacial score (nSPS) is 13.5. The van der Waals surface area contributed by atoms with Crippen molar-refractivity contribution in [2.45, 2.75) is 45.6 Å². The molecule has 2 atom stereocenters. The fourth-order valence-electron chi connectivity index (χ4n) is 1.59. The summed E-state index contributed by atoms with van der Waals surface area (Å²) < 4.78 is 40.4. The third-order valence-electron chi connectivity index (χ3n) is 3.05. The Morgan fingerprint density at radius 3 is 2.14 bits per heavy atom. The van der Waals surface area contributed by atoms with Gasteiger partial charge in [-0.25, -0.2) is 0 Å². The van der Waals surface area contributed by atoms with Gasteiger partial charge in [0.2, 0.25) is 0 Å². The third kappa shape index (κ3) is 17.0. The van der Waals surface area contributed by atoms with Gasteiger partial charge < -0.3 is 39.0 Å². The molecule has 0 aliphatic carbocycles. The van der Waals surface area contributed by atoms with Crippen LogP contribution in [-0.2, 0) is 46.9 Å². The molecule has 0 spiro atoms. The Kier molecular flexibility index (Phi) is 17.7. The van der Waals surface area contributed by atoms with Crippen molar-refractivity contribution in [2.75, 3.05) is 40.1 Å². The van der Waals surface area contributed by atoms with Crippen LogP contribution in [0.2, 0.25) is 0 Å². The van der Waals surface area contributed by atoms with Gasteiger partial charge in [0.05, 0.1) is 19.8 Å². The van der Waals surface area contributed by atoms with Gasteiger partial charge in [-0.2, -0.15) is 0 Å². The zero-order valence-electron chi connectivity index (χ0n) is 17.4. The van der Waals surface area contributed by atoms with Gasteiger partial charge in [-0.3, -0.25) is 18.9 Å². The van der Waals surface area contributed by atoms with Crippen molar-refractivity contribution >= 4 is 25.7 Å². The summed E-state index contributed by atoms with van der Waals surface area (Å²) in [4.78, 5) is 45.7. The SMILES string of the molecule is CCC(=O)OCC(COP(=O)([O-])OCCCC(=O)OCCOC)OC(=O)CC.[NH4+]. The average molecular weight is 445 g/mol. The number of hydrogen-bond acceptors (Lipinski definition) is 11. The maximum absolute atomic E-state index is 11.7.